The molecule has 0 spiro atoms. The average molecular weight is 111 g/mol. The van der Waals surface area contributed by atoms with Crippen molar-refractivity contribution in [2.45, 2.75) is 12.8 Å². The number of amides is 1. The van der Waals surface area contributed by atoms with Crippen LogP contribution in [0.2, 0.25) is 0 Å². The minimum Gasteiger partial charge on any atom is -0.342 e. The summed E-state index contributed by atoms with van der Waals surface area (Å²) in [5, 5.41) is 0. The molecule has 0 aromatic heterocycles. The van der Waals surface area contributed by atoms with Crippen LogP contribution in [0.3, 0.4) is 0 Å². The van der Waals surface area contributed by atoms with E-state index in [1.54, 1.807) is 0 Å². The molecule has 0 aromatic carbocycles. The maximum atomic E-state index is 10.8. The normalized spacial score (nSPS) is 28.0. The van der Waals surface area contributed by atoms with Crippen molar-refractivity contribution in [1.29, 1.82) is 0 Å². The highest BCUT2D eigenvalue weighted by Gasteiger charge is 2.35. The van der Waals surface area contributed by atoms with Crippen molar-refractivity contribution in [3.63, 3.8) is 0 Å². The van der Waals surface area contributed by atoms with Gasteiger partial charge in [0.25, 0.3) is 0 Å². The van der Waals surface area contributed by atoms with Gasteiger partial charge < -0.3 is 4.90 Å². The van der Waals surface area contributed by atoms with Gasteiger partial charge in [0.15, 0.2) is 0 Å². The zero-order chi connectivity index (χ0) is 5.56. The van der Waals surface area contributed by atoms with E-state index < -0.39 is 0 Å². The second kappa shape index (κ2) is 1.24. The van der Waals surface area contributed by atoms with Crippen LogP contribution in [0.4, 0.5) is 0 Å². The molecule has 3 aliphatic heterocycles. The van der Waals surface area contributed by atoms with Gasteiger partial charge >= 0.3 is 0 Å². The second-order valence-electron chi connectivity index (χ2n) is 2.70. The van der Waals surface area contributed by atoms with Gasteiger partial charge in [0, 0.05) is 19.5 Å². The first kappa shape index (κ1) is 4.36. The van der Waals surface area contributed by atoms with Crippen LogP contribution >= 0.6 is 0 Å². The number of hydrogen-bond donors (Lipinski definition) is 0. The van der Waals surface area contributed by atoms with E-state index in [4.69, 9.17) is 0 Å². The molecule has 0 unspecified atom stereocenters. The molecule has 0 radical (unpaired) electrons. The molecule has 0 N–H and O–H groups in total. The summed E-state index contributed by atoms with van der Waals surface area (Å²) in [5.74, 6) is 1.24. The fourth-order valence-electron chi connectivity index (χ4n) is 1.44. The number of carbonyl (C=O) groups excluding carboxylic acids is 1. The average Bonchev–Trinajstić information content (AvgIpc) is 1.62. The maximum absolute atomic E-state index is 10.8. The van der Waals surface area contributed by atoms with Crippen LogP contribution in [0, 0.1) is 5.92 Å². The first-order chi connectivity index (χ1) is 3.86. The molecule has 3 aliphatic rings. The van der Waals surface area contributed by atoms with Gasteiger partial charge in [0.2, 0.25) is 5.91 Å². The van der Waals surface area contributed by atoms with Crippen molar-refractivity contribution in [3.05, 3.63) is 0 Å². The second-order valence-corrected chi connectivity index (χ2v) is 2.70. The number of nitrogens with zero attached hydrogens (tertiary/aromatic N) is 1. The molecule has 3 fully saturated rings. The topological polar surface area (TPSA) is 20.3 Å². The van der Waals surface area contributed by atoms with Crippen LogP contribution < -0.4 is 0 Å². The third kappa shape index (κ3) is 0.403. The Morgan fingerprint density at radius 1 is 1.50 bits per heavy atom. The largest absolute Gasteiger partial charge is 0.342 e. The van der Waals surface area contributed by atoms with Gasteiger partial charge in [-0.25, -0.2) is 0 Å². The molecule has 8 heavy (non-hydrogen) atoms. The number of hydrogen-bond acceptors (Lipinski definition) is 1. The highest BCUT2D eigenvalue weighted by Crippen LogP contribution is 2.27. The van der Waals surface area contributed by atoms with E-state index in [1.807, 2.05) is 4.90 Å². The smallest absolute Gasteiger partial charge is 0.222 e. The highest BCUT2D eigenvalue weighted by atomic mass is 16.2. The van der Waals surface area contributed by atoms with Gasteiger partial charge in [-0.15, -0.1) is 0 Å². The van der Waals surface area contributed by atoms with Gasteiger partial charge in [-0.3, -0.25) is 4.79 Å². The van der Waals surface area contributed by atoms with Crippen molar-refractivity contribution in [2.75, 3.05) is 13.1 Å². The van der Waals surface area contributed by atoms with Crippen LogP contribution in [0.15, 0.2) is 0 Å². The Kier molecular flexibility index (Phi) is 0.678. The van der Waals surface area contributed by atoms with Gasteiger partial charge in [0.05, 0.1) is 0 Å². The Balaban J connectivity index is 2.10. The van der Waals surface area contributed by atoms with Crippen LogP contribution in [0.25, 0.3) is 0 Å². The Hall–Kier alpha value is -0.530. The predicted octanol–water partition coefficient (Wildman–Crippen LogP) is 0.239. The van der Waals surface area contributed by atoms with Crippen molar-refractivity contribution in [3.8, 4) is 0 Å². The minimum absolute atomic E-state index is 0.368. The molecule has 0 aromatic rings. The summed E-state index contributed by atoms with van der Waals surface area (Å²) in [5.41, 5.74) is 0. The molecule has 3 saturated heterocycles. The van der Waals surface area contributed by atoms with Crippen molar-refractivity contribution >= 4 is 5.91 Å². The van der Waals surface area contributed by atoms with Crippen LogP contribution in [-0.4, -0.2) is 23.9 Å². The lowest BCUT2D eigenvalue weighted by Gasteiger charge is -2.44. The molecule has 0 aliphatic carbocycles. The summed E-state index contributed by atoms with van der Waals surface area (Å²) in [7, 11) is 0. The van der Waals surface area contributed by atoms with Crippen molar-refractivity contribution in [2.24, 2.45) is 5.92 Å². The van der Waals surface area contributed by atoms with E-state index in [0.717, 1.165) is 31.8 Å². The summed E-state index contributed by atoms with van der Waals surface area (Å²) in [4.78, 5) is 12.7. The third-order valence-corrected chi connectivity index (χ3v) is 2.08. The van der Waals surface area contributed by atoms with Crippen molar-refractivity contribution in [1.82, 2.24) is 4.90 Å². The molecule has 2 bridgehead atoms. The molecule has 2 heteroatoms. The van der Waals surface area contributed by atoms with E-state index in [0.29, 0.717) is 5.91 Å². The summed E-state index contributed by atoms with van der Waals surface area (Å²) in [6.07, 6.45) is 1.96. The van der Waals surface area contributed by atoms with E-state index in [9.17, 15) is 4.79 Å². The van der Waals surface area contributed by atoms with Gasteiger partial charge in [-0.2, -0.15) is 0 Å². The number of piperidine rings is 2. The molecule has 2 nitrogen and oxygen atoms in total. The predicted molar refractivity (Wildman–Crippen MR) is 29.3 cm³/mol. The quantitative estimate of drug-likeness (QED) is 0.438. The zero-order valence-electron chi connectivity index (χ0n) is 4.76. The lowest BCUT2D eigenvalue weighted by Crippen LogP contribution is -2.54. The van der Waals surface area contributed by atoms with Gasteiger partial charge in [-0.05, 0) is 12.3 Å². The molecule has 3 heterocycles. The molecular formula is C6H9NO. The lowest BCUT2D eigenvalue weighted by molar-refractivity contribution is -0.143. The van der Waals surface area contributed by atoms with Crippen LogP contribution in [0.5, 0.6) is 0 Å². The monoisotopic (exact) mass is 111 g/mol. The standard InChI is InChI=1S/C6H9NO/c8-6-2-1-5-3-7(6)4-5/h5H,1-4H2. The molecular weight excluding hydrogens is 102 g/mol. The van der Waals surface area contributed by atoms with Gasteiger partial charge in [0.1, 0.15) is 0 Å². The number of fused-ring (bicyclic) bond motifs is 2. The number of rotatable bonds is 0. The Bertz CT molecular complexity index is 124. The number of carbonyl (C=O) groups is 1. The third-order valence-electron chi connectivity index (χ3n) is 2.08. The summed E-state index contributed by atoms with van der Waals surface area (Å²) < 4.78 is 0. The SMILES string of the molecule is O=C1CCC2CN1C2. The van der Waals surface area contributed by atoms with Crippen LogP contribution in [-0.2, 0) is 4.79 Å². The Morgan fingerprint density at radius 2 is 2.25 bits per heavy atom. The minimum atomic E-state index is 0.368. The Morgan fingerprint density at radius 3 is 2.50 bits per heavy atom. The van der Waals surface area contributed by atoms with Crippen LogP contribution in [0.1, 0.15) is 12.8 Å². The lowest BCUT2D eigenvalue weighted by atomic mass is 9.89. The fourth-order valence-corrected chi connectivity index (χ4v) is 1.44. The van der Waals surface area contributed by atoms with E-state index >= 15 is 0 Å². The summed E-state index contributed by atoms with van der Waals surface area (Å²) in [6, 6.07) is 0. The van der Waals surface area contributed by atoms with Crippen molar-refractivity contribution < 1.29 is 4.79 Å². The molecule has 1 amide bonds. The van der Waals surface area contributed by atoms with E-state index in [-0.39, 0.29) is 0 Å². The Labute approximate surface area is 48.5 Å². The molecule has 0 saturated carbocycles. The van der Waals surface area contributed by atoms with E-state index in [2.05, 4.69) is 0 Å². The molecule has 44 valence electrons. The first-order valence-electron chi connectivity index (χ1n) is 3.14. The fraction of sp³-hybridized carbons (Fsp3) is 0.833. The summed E-state index contributed by atoms with van der Waals surface area (Å²) in [6.45, 7) is 2.11. The van der Waals surface area contributed by atoms with E-state index in [1.165, 1.54) is 0 Å². The van der Waals surface area contributed by atoms with Gasteiger partial charge in [-0.1, -0.05) is 0 Å². The highest BCUT2D eigenvalue weighted by molar-refractivity contribution is 5.78. The molecule has 3 rings (SSSR count). The first-order valence-corrected chi connectivity index (χ1v) is 3.14. The zero-order valence-corrected chi connectivity index (χ0v) is 4.76. The summed E-state index contributed by atoms with van der Waals surface area (Å²) >= 11 is 0. The molecule has 0 atom stereocenters. The maximum Gasteiger partial charge on any atom is 0.222 e.